The van der Waals surface area contributed by atoms with E-state index in [-0.39, 0.29) is 5.56 Å². The van der Waals surface area contributed by atoms with Gasteiger partial charge in [0.1, 0.15) is 0 Å². The van der Waals surface area contributed by atoms with Gasteiger partial charge in [-0.15, -0.1) is 0 Å². The number of aromatic amines is 1. The molecule has 28 heavy (non-hydrogen) atoms. The summed E-state index contributed by atoms with van der Waals surface area (Å²) in [4.78, 5) is 31.5. The highest BCUT2D eigenvalue weighted by Crippen LogP contribution is 2.25. The SMILES string of the molecule is CCCCCCCCn1c(SCc2ccccc2)nc2c1c(=O)[nH]c(=O)n2C. The van der Waals surface area contributed by atoms with Gasteiger partial charge in [-0.25, -0.2) is 9.78 Å². The summed E-state index contributed by atoms with van der Waals surface area (Å²) in [5, 5.41) is 0.791. The van der Waals surface area contributed by atoms with Gasteiger partial charge in [-0.2, -0.15) is 0 Å². The minimum atomic E-state index is -0.429. The number of hydrogen-bond acceptors (Lipinski definition) is 4. The number of unbranched alkanes of at least 4 members (excludes halogenated alkanes) is 5. The van der Waals surface area contributed by atoms with Gasteiger partial charge in [0, 0.05) is 19.3 Å². The van der Waals surface area contributed by atoms with Crippen LogP contribution in [-0.4, -0.2) is 19.1 Å². The van der Waals surface area contributed by atoms with Gasteiger partial charge in [-0.1, -0.05) is 81.1 Å². The Hall–Kier alpha value is -2.28. The number of fused-ring (bicyclic) bond motifs is 1. The summed E-state index contributed by atoms with van der Waals surface area (Å²) in [6, 6.07) is 10.2. The molecule has 0 saturated carbocycles. The molecular weight excluding hydrogens is 372 g/mol. The van der Waals surface area contributed by atoms with Gasteiger partial charge in [0.25, 0.3) is 5.56 Å². The van der Waals surface area contributed by atoms with Crippen LogP contribution in [0, 0.1) is 0 Å². The second-order valence-electron chi connectivity index (χ2n) is 7.08. The maximum Gasteiger partial charge on any atom is 0.329 e. The fourth-order valence-electron chi connectivity index (χ4n) is 3.30. The number of thioether (sulfide) groups is 1. The molecule has 0 aliphatic heterocycles. The minimum absolute atomic E-state index is 0.358. The van der Waals surface area contributed by atoms with E-state index in [1.165, 1.54) is 35.8 Å². The highest BCUT2D eigenvalue weighted by atomic mass is 32.2. The maximum atomic E-state index is 12.5. The molecule has 0 radical (unpaired) electrons. The van der Waals surface area contributed by atoms with Crippen molar-refractivity contribution >= 4 is 22.9 Å². The summed E-state index contributed by atoms with van der Waals surface area (Å²) in [7, 11) is 1.65. The van der Waals surface area contributed by atoms with Gasteiger partial charge in [0.05, 0.1) is 0 Å². The van der Waals surface area contributed by atoms with Crippen molar-refractivity contribution in [2.75, 3.05) is 0 Å². The van der Waals surface area contributed by atoms with Crippen molar-refractivity contribution in [1.82, 2.24) is 19.1 Å². The number of rotatable bonds is 10. The number of hydrogen-bond donors (Lipinski definition) is 1. The average Bonchev–Trinajstić information content (AvgIpc) is 3.07. The Bertz CT molecular complexity index is 1020. The highest BCUT2D eigenvalue weighted by Gasteiger charge is 2.17. The molecule has 1 N–H and O–H groups in total. The van der Waals surface area contributed by atoms with E-state index >= 15 is 0 Å². The third kappa shape index (κ3) is 4.76. The number of aryl methyl sites for hydroxylation is 2. The van der Waals surface area contributed by atoms with Crippen LogP contribution in [0.2, 0.25) is 0 Å². The number of nitrogens with zero attached hydrogens (tertiary/aromatic N) is 3. The lowest BCUT2D eigenvalue weighted by Crippen LogP contribution is -2.29. The molecule has 0 bridgehead atoms. The van der Waals surface area contributed by atoms with Crippen molar-refractivity contribution in [2.24, 2.45) is 7.05 Å². The molecule has 1 aromatic carbocycles. The highest BCUT2D eigenvalue weighted by molar-refractivity contribution is 7.98. The number of benzene rings is 1. The maximum absolute atomic E-state index is 12.5. The lowest BCUT2D eigenvalue weighted by molar-refractivity contribution is 0.544. The van der Waals surface area contributed by atoms with Gasteiger partial charge in [0.15, 0.2) is 16.3 Å². The van der Waals surface area contributed by atoms with E-state index in [1.807, 2.05) is 22.8 Å². The lowest BCUT2D eigenvalue weighted by atomic mass is 10.1. The molecule has 2 heterocycles. The fraction of sp³-hybridized carbons (Fsp3) is 0.476. The Balaban J connectivity index is 1.85. The zero-order valence-corrected chi connectivity index (χ0v) is 17.4. The normalized spacial score (nSPS) is 11.4. The van der Waals surface area contributed by atoms with E-state index in [0.717, 1.165) is 30.3 Å². The Morgan fingerprint density at radius 3 is 2.50 bits per heavy atom. The first-order valence-corrected chi connectivity index (χ1v) is 11.0. The average molecular weight is 401 g/mol. The molecule has 2 aromatic heterocycles. The molecule has 0 spiro atoms. The molecule has 0 unspecified atom stereocenters. The molecular formula is C21H28N4O2S. The lowest BCUT2D eigenvalue weighted by Gasteiger charge is -2.08. The van der Waals surface area contributed by atoms with E-state index in [4.69, 9.17) is 0 Å². The van der Waals surface area contributed by atoms with Crippen molar-refractivity contribution in [3.8, 4) is 0 Å². The molecule has 3 rings (SSSR count). The number of H-pyrrole nitrogens is 1. The summed E-state index contributed by atoms with van der Waals surface area (Å²) in [5.41, 5.74) is 1.36. The Morgan fingerprint density at radius 2 is 1.75 bits per heavy atom. The predicted octanol–water partition coefficient (Wildman–Crippen LogP) is 4.08. The summed E-state index contributed by atoms with van der Waals surface area (Å²) >= 11 is 1.60. The molecule has 0 amide bonds. The van der Waals surface area contributed by atoms with Crippen LogP contribution in [0.5, 0.6) is 0 Å². The van der Waals surface area contributed by atoms with Crippen molar-refractivity contribution in [3.63, 3.8) is 0 Å². The molecule has 0 fully saturated rings. The Morgan fingerprint density at radius 1 is 1.04 bits per heavy atom. The van der Waals surface area contributed by atoms with E-state index in [9.17, 15) is 9.59 Å². The van der Waals surface area contributed by atoms with E-state index in [1.54, 1.807) is 18.8 Å². The monoisotopic (exact) mass is 400 g/mol. The van der Waals surface area contributed by atoms with E-state index in [2.05, 4.69) is 29.0 Å². The van der Waals surface area contributed by atoms with Gasteiger partial charge in [-0.05, 0) is 12.0 Å². The van der Waals surface area contributed by atoms with Gasteiger partial charge in [0.2, 0.25) is 0 Å². The molecule has 6 nitrogen and oxygen atoms in total. The van der Waals surface area contributed by atoms with Crippen LogP contribution in [0.1, 0.15) is 51.0 Å². The summed E-state index contributed by atoms with van der Waals surface area (Å²) in [5.74, 6) is 0.770. The molecule has 7 heteroatoms. The van der Waals surface area contributed by atoms with Crippen LogP contribution < -0.4 is 11.2 Å². The summed E-state index contributed by atoms with van der Waals surface area (Å²) in [6.45, 7) is 2.95. The zero-order chi connectivity index (χ0) is 19.9. The van der Waals surface area contributed by atoms with Crippen LogP contribution >= 0.6 is 11.8 Å². The third-order valence-corrected chi connectivity index (χ3v) is 5.97. The fourth-order valence-corrected chi connectivity index (χ4v) is 4.28. The molecule has 150 valence electrons. The smallest absolute Gasteiger partial charge is 0.313 e. The molecule has 0 atom stereocenters. The van der Waals surface area contributed by atoms with Crippen LogP contribution in [0.4, 0.5) is 0 Å². The first-order chi connectivity index (χ1) is 13.6. The van der Waals surface area contributed by atoms with Gasteiger partial charge >= 0.3 is 5.69 Å². The second kappa shape index (κ2) is 9.78. The van der Waals surface area contributed by atoms with E-state index in [0.29, 0.717) is 11.2 Å². The predicted molar refractivity (Wildman–Crippen MR) is 115 cm³/mol. The molecule has 0 saturated heterocycles. The van der Waals surface area contributed by atoms with Crippen LogP contribution in [0.25, 0.3) is 11.2 Å². The number of aromatic nitrogens is 4. The molecule has 3 aromatic rings. The van der Waals surface area contributed by atoms with Gasteiger partial charge in [-0.3, -0.25) is 14.3 Å². The van der Waals surface area contributed by atoms with Crippen molar-refractivity contribution in [1.29, 1.82) is 0 Å². The largest absolute Gasteiger partial charge is 0.329 e. The first-order valence-electron chi connectivity index (χ1n) is 9.98. The zero-order valence-electron chi connectivity index (χ0n) is 16.6. The van der Waals surface area contributed by atoms with E-state index < -0.39 is 5.69 Å². The minimum Gasteiger partial charge on any atom is -0.313 e. The molecule has 0 aliphatic carbocycles. The van der Waals surface area contributed by atoms with Crippen LogP contribution in [0.3, 0.4) is 0 Å². The Kier molecular flexibility index (Phi) is 7.14. The van der Waals surface area contributed by atoms with Crippen molar-refractivity contribution < 1.29 is 0 Å². The third-order valence-electron chi connectivity index (χ3n) is 4.92. The number of nitrogens with one attached hydrogen (secondary N) is 1. The van der Waals surface area contributed by atoms with Gasteiger partial charge < -0.3 is 4.57 Å². The number of imidazole rings is 1. The first kappa shape index (κ1) is 20.5. The van der Waals surface area contributed by atoms with Crippen molar-refractivity contribution in [3.05, 3.63) is 56.7 Å². The standard InChI is InChI=1S/C21H28N4O2S/c1-3-4-5-6-7-11-14-25-17-18(24(2)20(27)23-19(17)26)22-21(25)28-15-16-12-9-8-10-13-16/h8-10,12-13H,3-7,11,14-15H2,1-2H3,(H,23,26,27). The van der Waals surface area contributed by atoms with Crippen molar-refractivity contribution in [2.45, 2.75) is 62.9 Å². The summed E-state index contributed by atoms with van der Waals surface area (Å²) < 4.78 is 3.40. The summed E-state index contributed by atoms with van der Waals surface area (Å²) in [6.07, 6.45) is 7.10. The molecule has 0 aliphatic rings. The van der Waals surface area contributed by atoms with Crippen LogP contribution in [-0.2, 0) is 19.3 Å². The topological polar surface area (TPSA) is 72.7 Å². The Labute approximate surface area is 169 Å². The quantitative estimate of drug-likeness (QED) is 0.411. The second-order valence-corrected chi connectivity index (χ2v) is 8.02. The van der Waals surface area contributed by atoms with Crippen LogP contribution in [0.15, 0.2) is 45.1 Å².